The van der Waals surface area contributed by atoms with Gasteiger partial charge in [0.15, 0.2) is 5.65 Å². The molecule has 23 heavy (non-hydrogen) atoms. The minimum atomic E-state index is -0.0552. The van der Waals surface area contributed by atoms with Crippen LogP contribution in [0.1, 0.15) is 16.1 Å². The number of rotatable bonds is 3. The topological polar surface area (TPSA) is 86.8 Å². The van der Waals surface area contributed by atoms with Gasteiger partial charge in [-0.05, 0) is 30.2 Å². The van der Waals surface area contributed by atoms with E-state index in [9.17, 15) is 4.79 Å². The number of H-pyrrole nitrogens is 1. The Labute approximate surface area is 132 Å². The van der Waals surface area contributed by atoms with Gasteiger partial charge in [0.25, 0.3) is 5.91 Å². The first-order chi connectivity index (χ1) is 11.1. The van der Waals surface area contributed by atoms with Crippen molar-refractivity contribution in [2.75, 3.05) is 19.4 Å². The molecule has 114 valence electrons. The molecule has 7 nitrogen and oxygen atoms in total. The molecule has 0 radical (unpaired) electrons. The van der Waals surface area contributed by atoms with Gasteiger partial charge in [-0.15, -0.1) is 6.42 Å². The number of fused-ring (bicyclic) bond motifs is 1. The van der Waals surface area contributed by atoms with Crippen LogP contribution in [0.25, 0.3) is 11.2 Å². The van der Waals surface area contributed by atoms with Gasteiger partial charge in [-0.25, -0.2) is 9.97 Å². The summed E-state index contributed by atoms with van der Waals surface area (Å²) in [5.74, 6) is 2.80. The number of anilines is 2. The van der Waals surface area contributed by atoms with Crippen LogP contribution in [0.4, 0.5) is 11.6 Å². The van der Waals surface area contributed by atoms with Gasteiger partial charge in [0, 0.05) is 25.3 Å². The number of aromatic amines is 1. The number of benzene rings is 1. The van der Waals surface area contributed by atoms with Gasteiger partial charge >= 0.3 is 0 Å². The third-order valence-electron chi connectivity index (χ3n) is 3.22. The second kappa shape index (κ2) is 5.77. The van der Waals surface area contributed by atoms with Crippen LogP contribution in [0.5, 0.6) is 0 Å². The number of amides is 1. The largest absolute Gasteiger partial charge is 0.345 e. The van der Waals surface area contributed by atoms with Gasteiger partial charge < -0.3 is 15.2 Å². The second-order valence-corrected chi connectivity index (χ2v) is 5.04. The molecule has 0 aliphatic carbocycles. The highest BCUT2D eigenvalue weighted by Crippen LogP contribution is 2.18. The fourth-order valence-electron chi connectivity index (χ4n) is 2.08. The summed E-state index contributed by atoms with van der Waals surface area (Å²) in [5, 5.41) is 3.06. The first-order valence-corrected chi connectivity index (χ1v) is 6.85. The van der Waals surface area contributed by atoms with Crippen molar-refractivity contribution >= 4 is 28.7 Å². The molecule has 0 spiro atoms. The smallest absolute Gasteiger partial charge is 0.253 e. The second-order valence-electron chi connectivity index (χ2n) is 5.04. The average molecular weight is 306 g/mol. The van der Waals surface area contributed by atoms with E-state index in [0.29, 0.717) is 28.4 Å². The number of carbonyl (C=O) groups excluding carboxylic acids is 1. The maximum atomic E-state index is 11.9. The van der Waals surface area contributed by atoms with Crippen molar-refractivity contribution in [3.63, 3.8) is 0 Å². The summed E-state index contributed by atoms with van der Waals surface area (Å²) in [6.07, 6.45) is 6.98. The Hall–Kier alpha value is -3.40. The molecule has 2 heterocycles. The fourth-order valence-corrected chi connectivity index (χ4v) is 2.08. The van der Waals surface area contributed by atoms with Gasteiger partial charge in [0.05, 0.1) is 6.33 Å². The van der Waals surface area contributed by atoms with E-state index in [4.69, 9.17) is 6.42 Å². The number of carbonyl (C=O) groups is 1. The van der Waals surface area contributed by atoms with Crippen molar-refractivity contribution in [2.45, 2.75) is 0 Å². The summed E-state index contributed by atoms with van der Waals surface area (Å²) in [5.41, 5.74) is 2.92. The minimum Gasteiger partial charge on any atom is -0.345 e. The predicted octanol–water partition coefficient (Wildman–Crippen LogP) is 1.78. The molecule has 0 unspecified atom stereocenters. The van der Waals surface area contributed by atoms with E-state index in [-0.39, 0.29) is 5.91 Å². The molecule has 2 N–H and O–H groups in total. The Bertz CT molecular complexity index is 904. The Balaban J connectivity index is 1.87. The van der Waals surface area contributed by atoms with Crippen LogP contribution in [-0.2, 0) is 0 Å². The van der Waals surface area contributed by atoms with Crippen molar-refractivity contribution in [3.05, 3.63) is 41.9 Å². The van der Waals surface area contributed by atoms with Gasteiger partial charge in [-0.2, -0.15) is 4.98 Å². The molecule has 7 heteroatoms. The minimum absolute atomic E-state index is 0.0552. The zero-order chi connectivity index (χ0) is 16.4. The van der Waals surface area contributed by atoms with Crippen molar-refractivity contribution in [1.29, 1.82) is 0 Å². The van der Waals surface area contributed by atoms with Crippen molar-refractivity contribution in [3.8, 4) is 12.3 Å². The first kappa shape index (κ1) is 14.5. The molecule has 0 aliphatic heterocycles. The molecule has 3 rings (SSSR count). The van der Waals surface area contributed by atoms with E-state index in [1.54, 1.807) is 38.4 Å². The highest BCUT2D eigenvalue weighted by Gasteiger charge is 2.10. The van der Waals surface area contributed by atoms with Crippen LogP contribution >= 0.6 is 0 Å². The lowest BCUT2D eigenvalue weighted by molar-refractivity contribution is 0.0827. The lowest BCUT2D eigenvalue weighted by Gasteiger charge is -2.11. The van der Waals surface area contributed by atoms with Crippen molar-refractivity contribution in [1.82, 2.24) is 24.8 Å². The SMILES string of the molecule is C#Cc1nc(Nc2ccc(C(=O)N(C)C)cc2)nc2nc[nH]c12. The number of nitrogens with one attached hydrogen (secondary N) is 2. The van der Waals surface area contributed by atoms with Crippen LogP contribution in [-0.4, -0.2) is 44.8 Å². The average Bonchev–Trinajstić information content (AvgIpc) is 3.02. The van der Waals surface area contributed by atoms with E-state index >= 15 is 0 Å². The quantitative estimate of drug-likeness (QED) is 0.720. The Morgan fingerprint density at radius 2 is 2.00 bits per heavy atom. The zero-order valence-corrected chi connectivity index (χ0v) is 12.7. The van der Waals surface area contributed by atoms with Crippen LogP contribution < -0.4 is 5.32 Å². The Morgan fingerprint density at radius 3 is 2.65 bits per heavy atom. The van der Waals surface area contributed by atoms with Gasteiger partial charge in [-0.3, -0.25) is 4.79 Å². The third kappa shape index (κ3) is 2.82. The lowest BCUT2D eigenvalue weighted by atomic mass is 10.2. The van der Waals surface area contributed by atoms with E-state index in [1.165, 1.54) is 11.2 Å². The molecule has 0 aliphatic rings. The summed E-state index contributed by atoms with van der Waals surface area (Å²) in [7, 11) is 3.42. The maximum absolute atomic E-state index is 11.9. The molecule has 3 aromatic rings. The van der Waals surface area contributed by atoms with Crippen molar-refractivity contribution < 1.29 is 4.79 Å². The van der Waals surface area contributed by atoms with Crippen LogP contribution in [0, 0.1) is 12.3 Å². The summed E-state index contributed by atoms with van der Waals surface area (Å²) >= 11 is 0. The molecule has 1 amide bonds. The standard InChI is InChI=1S/C16H14N6O/c1-4-12-13-14(18-9-17-13)21-16(20-12)19-11-7-5-10(6-8-11)15(23)22(2)3/h1,5-9H,2-3H3,(H2,17,18,19,20,21). The molecule has 1 aromatic carbocycles. The predicted molar refractivity (Wildman–Crippen MR) is 87.4 cm³/mol. The summed E-state index contributed by atoms with van der Waals surface area (Å²) in [6.45, 7) is 0. The van der Waals surface area contributed by atoms with E-state index in [0.717, 1.165) is 5.69 Å². The fraction of sp³-hybridized carbons (Fsp3) is 0.125. The van der Waals surface area contributed by atoms with Gasteiger partial charge in [-0.1, -0.05) is 0 Å². The molecule has 0 saturated heterocycles. The number of terminal acetylenes is 1. The highest BCUT2D eigenvalue weighted by atomic mass is 16.2. The monoisotopic (exact) mass is 306 g/mol. The normalized spacial score (nSPS) is 10.3. The van der Waals surface area contributed by atoms with E-state index in [2.05, 4.69) is 31.2 Å². The number of aromatic nitrogens is 4. The Morgan fingerprint density at radius 1 is 1.26 bits per heavy atom. The number of hydrogen-bond acceptors (Lipinski definition) is 5. The summed E-state index contributed by atoms with van der Waals surface area (Å²) < 4.78 is 0. The zero-order valence-electron chi connectivity index (χ0n) is 12.7. The molecule has 0 saturated carbocycles. The van der Waals surface area contributed by atoms with Crippen molar-refractivity contribution in [2.24, 2.45) is 0 Å². The molecule has 0 fully saturated rings. The van der Waals surface area contributed by atoms with Gasteiger partial charge in [0.1, 0.15) is 11.2 Å². The van der Waals surface area contributed by atoms with Crippen LogP contribution in [0.3, 0.4) is 0 Å². The first-order valence-electron chi connectivity index (χ1n) is 6.85. The third-order valence-corrected chi connectivity index (χ3v) is 3.22. The molecular formula is C16H14N6O. The molecule has 0 bridgehead atoms. The molecule has 0 atom stereocenters. The molecule has 2 aromatic heterocycles. The number of hydrogen-bond donors (Lipinski definition) is 2. The highest BCUT2D eigenvalue weighted by molar-refractivity contribution is 5.94. The molecular weight excluding hydrogens is 292 g/mol. The lowest BCUT2D eigenvalue weighted by Crippen LogP contribution is -2.21. The Kier molecular flexibility index (Phi) is 3.65. The number of imidazole rings is 1. The van der Waals surface area contributed by atoms with Gasteiger partial charge in [0.2, 0.25) is 5.95 Å². The number of nitrogens with zero attached hydrogens (tertiary/aromatic N) is 4. The van der Waals surface area contributed by atoms with E-state index in [1.807, 2.05) is 0 Å². The summed E-state index contributed by atoms with van der Waals surface area (Å²) in [4.78, 5) is 28.9. The van der Waals surface area contributed by atoms with Crippen LogP contribution in [0.15, 0.2) is 30.6 Å². The maximum Gasteiger partial charge on any atom is 0.253 e. The van der Waals surface area contributed by atoms with Crippen LogP contribution in [0.2, 0.25) is 0 Å². The van der Waals surface area contributed by atoms with E-state index < -0.39 is 0 Å². The summed E-state index contributed by atoms with van der Waals surface area (Å²) in [6, 6.07) is 7.04.